The number of aromatic amines is 1. The molecule has 2 aromatic heterocycles. The average molecular weight is 466 g/mol. The van der Waals surface area contributed by atoms with Crippen LogP contribution in [0.4, 0.5) is 5.82 Å². The van der Waals surface area contributed by atoms with E-state index in [1.807, 2.05) is 36.4 Å². The molecule has 2 fully saturated rings. The van der Waals surface area contributed by atoms with Gasteiger partial charge >= 0.3 is 0 Å². The first-order valence-corrected chi connectivity index (χ1v) is 12.7. The molecular formula is C29H31N5O. The molecule has 6 nitrogen and oxygen atoms in total. The zero-order chi connectivity index (χ0) is 23.6. The summed E-state index contributed by atoms with van der Waals surface area (Å²) in [6.07, 6.45) is 6.99. The van der Waals surface area contributed by atoms with E-state index in [4.69, 9.17) is 0 Å². The summed E-state index contributed by atoms with van der Waals surface area (Å²) in [5, 5.41) is 11.5. The van der Waals surface area contributed by atoms with E-state index >= 15 is 0 Å². The van der Waals surface area contributed by atoms with Gasteiger partial charge in [-0.3, -0.25) is 19.8 Å². The van der Waals surface area contributed by atoms with Crippen molar-refractivity contribution in [1.29, 1.82) is 0 Å². The Bertz CT molecular complexity index is 1330. The summed E-state index contributed by atoms with van der Waals surface area (Å²) in [6.45, 7) is 3.52. The third-order valence-electron chi connectivity index (χ3n) is 7.56. The molecule has 0 unspecified atom stereocenters. The Balaban J connectivity index is 1.05. The normalized spacial score (nSPS) is 20.1. The standard InChI is InChI=1S/C29H31N5O/c35-29(15-20-9-10-26-21(14-20)7-5-11-30-26)31-28-18-27(32-33-28)24-16-23(17-24)25-8-2-1-6-22(25)19-34-12-3-4-13-34/h1-2,5-11,14,18,23-24H,3-4,12-13,15-17,19H2,(H2,31,32,33,35)/t23-,24+. The first-order chi connectivity index (χ1) is 17.2. The number of hydrogen-bond donors (Lipinski definition) is 2. The topological polar surface area (TPSA) is 73.9 Å². The van der Waals surface area contributed by atoms with Gasteiger partial charge in [0, 0.05) is 35.8 Å². The smallest absolute Gasteiger partial charge is 0.229 e. The highest BCUT2D eigenvalue weighted by molar-refractivity contribution is 5.92. The van der Waals surface area contributed by atoms with Gasteiger partial charge in [-0.15, -0.1) is 0 Å². The van der Waals surface area contributed by atoms with Gasteiger partial charge in [-0.05, 0) is 79.6 Å². The van der Waals surface area contributed by atoms with Crippen molar-refractivity contribution < 1.29 is 4.79 Å². The first kappa shape index (κ1) is 22.0. The van der Waals surface area contributed by atoms with E-state index in [-0.39, 0.29) is 5.91 Å². The van der Waals surface area contributed by atoms with Crippen LogP contribution in [-0.2, 0) is 17.8 Å². The van der Waals surface area contributed by atoms with Crippen LogP contribution in [0, 0.1) is 0 Å². The number of likely N-dealkylation sites (tertiary alicyclic amines) is 1. The average Bonchev–Trinajstić information content (AvgIpc) is 3.51. The molecule has 6 rings (SSSR count). The summed E-state index contributed by atoms with van der Waals surface area (Å²) in [4.78, 5) is 19.5. The van der Waals surface area contributed by atoms with Crippen LogP contribution in [0.5, 0.6) is 0 Å². The molecule has 1 saturated heterocycles. The molecule has 0 bridgehead atoms. The van der Waals surface area contributed by atoms with Gasteiger partial charge in [-0.1, -0.05) is 36.4 Å². The van der Waals surface area contributed by atoms with Crippen LogP contribution in [0.1, 0.15) is 59.9 Å². The lowest BCUT2D eigenvalue weighted by atomic mass is 9.69. The van der Waals surface area contributed by atoms with E-state index in [9.17, 15) is 4.79 Å². The minimum atomic E-state index is -0.0615. The lowest BCUT2D eigenvalue weighted by Crippen LogP contribution is -2.24. The summed E-state index contributed by atoms with van der Waals surface area (Å²) in [5.41, 5.74) is 6.01. The molecule has 1 amide bonds. The van der Waals surface area contributed by atoms with Crippen LogP contribution < -0.4 is 5.32 Å². The molecule has 0 radical (unpaired) electrons. The predicted octanol–water partition coefficient (Wildman–Crippen LogP) is 5.40. The van der Waals surface area contributed by atoms with Gasteiger partial charge in [0.15, 0.2) is 5.82 Å². The fraction of sp³-hybridized carbons (Fsp3) is 0.345. The fourth-order valence-corrected chi connectivity index (χ4v) is 5.60. The zero-order valence-electron chi connectivity index (χ0n) is 19.9. The number of H-pyrrole nitrogens is 1. The van der Waals surface area contributed by atoms with Gasteiger partial charge < -0.3 is 5.32 Å². The number of aromatic nitrogens is 3. The number of pyridine rings is 1. The lowest BCUT2D eigenvalue weighted by molar-refractivity contribution is -0.115. The van der Waals surface area contributed by atoms with Crippen molar-refractivity contribution in [3.63, 3.8) is 0 Å². The molecule has 1 saturated carbocycles. The number of anilines is 1. The van der Waals surface area contributed by atoms with Gasteiger partial charge in [0.25, 0.3) is 0 Å². The molecule has 6 heteroatoms. The van der Waals surface area contributed by atoms with Crippen LogP contribution >= 0.6 is 0 Å². The molecule has 178 valence electrons. The minimum absolute atomic E-state index is 0.0615. The van der Waals surface area contributed by atoms with Crippen molar-refractivity contribution in [2.75, 3.05) is 18.4 Å². The minimum Gasteiger partial charge on any atom is -0.309 e. The van der Waals surface area contributed by atoms with E-state index in [2.05, 4.69) is 49.7 Å². The van der Waals surface area contributed by atoms with Crippen LogP contribution in [0.3, 0.4) is 0 Å². The van der Waals surface area contributed by atoms with E-state index in [1.165, 1.54) is 37.1 Å². The van der Waals surface area contributed by atoms with Crippen molar-refractivity contribution in [3.8, 4) is 0 Å². The number of carbonyl (C=O) groups is 1. The quantitative estimate of drug-likeness (QED) is 0.383. The molecule has 3 heterocycles. The monoisotopic (exact) mass is 465 g/mol. The number of fused-ring (bicyclic) bond motifs is 1. The summed E-state index contributed by atoms with van der Waals surface area (Å²) < 4.78 is 0. The molecule has 35 heavy (non-hydrogen) atoms. The molecule has 1 aliphatic heterocycles. The number of nitrogens with one attached hydrogen (secondary N) is 2. The Morgan fingerprint density at radius 1 is 1.00 bits per heavy atom. The van der Waals surface area contributed by atoms with E-state index in [0.717, 1.165) is 41.5 Å². The maximum atomic E-state index is 12.6. The van der Waals surface area contributed by atoms with Crippen molar-refractivity contribution in [2.45, 2.75) is 50.5 Å². The highest BCUT2D eigenvalue weighted by Gasteiger charge is 2.34. The SMILES string of the molecule is O=C(Cc1ccc2ncccc2c1)Nc1cc([C@H]2C[C@@H](c3ccccc3CN3CCCC3)C2)[nH]n1. The van der Waals surface area contributed by atoms with Gasteiger partial charge in [0.2, 0.25) is 5.91 Å². The number of benzene rings is 2. The second-order valence-electron chi connectivity index (χ2n) is 10.0. The second kappa shape index (κ2) is 9.62. The Hall–Kier alpha value is -3.51. The lowest BCUT2D eigenvalue weighted by Gasteiger charge is -2.36. The van der Waals surface area contributed by atoms with Crippen molar-refractivity contribution >= 4 is 22.6 Å². The van der Waals surface area contributed by atoms with Gasteiger partial charge in [0.05, 0.1) is 11.9 Å². The third kappa shape index (κ3) is 4.84. The molecule has 0 spiro atoms. The number of amides is 1. The molecule has 0 atom stereocenters. The van der Waals surface area contributed by atoms with Gasteiger partial charge in [-0.2, -0.15) is 5.10 Å². The maximum Gasteiger partial charge on any atom is 0.229 e. The largest absolute Gasteiger partial charge is 0.309 e. The van der Waals surface area contributed by atoms with Crippen LogP contribution in [-0.4, -0.2) is 39.1 Å². The van der Waals surface area contributed by atoms with E-state index < -0.39 is 0 Å². The Morgan fingerprint density at radius 2 is 1.86 bits per heavy atom. The third-order valence-corrected chi connectivity index (χ3v) is 7.56. The van der Waals surface area contributed by atoms with Crippen molar-refractivity contribution in [1.82, 2.24) is 20.1 Å². The summed E-state index contributed by atoms with van der Waals surface area (Å²) in [7, 11) is 0. The summed E-state index contributed by atoms with van der Waals surface area (Å²) in [5.74, 6) is 1.60. The predicted molar refractivity (Wildman–Crippen MR) is 138 cm³/mol. The highest BCUT2D eigenvalue weighted by atomic mass is 16.1. The van der Waals surface area contributed by atoms with Gasteiger partial charge in [-0.25, -0.2) is 0 Å². The maximum absolute atomic E-state index is 12.6. The molecule has 2 aliphatic rings. The summed E-state index contributed by atoms with van der Waals surface area (Å²) >= 11 is 0. The molecular weight excluding hydrogens is 434 g/mol. The summed E-state index contributed by atoms with van der Waals surface area (Å²) in [6, 6.07) is 20.8. The van der Waals surface area contributed by atoms with Crippen molar-refractivity contribution in [2.24, 2.45) is 0 Å². The zero-order valence-corrected chi connectivity index (χ0v) is 19.9. The van der Waals surface area contributed by atoms with Crippen LogP contribution in [0.2, 0.25) is 0 Å². The van der Waals surface area contributed by atoms with Crippen molar-refractivity contribution in [3.05, 3.63) is 89.2 Å². The first-order valence-electron chi connectivity index (χ1n) is 12.7. The number of carbonyl (C=O) groups excluding carboxylic acids is 1. The molecule has 2 N–H and O–H groups in total. The Kier molecular flexibility index (Phi) is 6.05. The number of nitrogens with zero attached hydrogens (tertiary/aromatic N) is 3. The van der Waals surface area contributed by atoms with Crippen LogP contribution in [0.25, 0.3) is 10.9 Å². The fourth-order valence-electron chi connectivity index (χ4n) is 5.60. The Labute approximate surface area is 205 Å². The molecule has 1 aliphatic carbocycles. The van der Waals surface area contributed by atoms with Crippen LogP contribution in [0.15, 0.2) is 66.9 Å². The van der Waals surface area contributed by atoms with Gasteiger partial charge in [0.1, 0.15) is 0 Å². The molecule has 4 aromatic rings. The molecule has 2 aromatic carbocycles. The van der Waals surface area contributed by atoms with E-state index in [0.29, 0.717) is 24.1 Å². The van der Waals surface area contributed by atoms with E-state index in [1.54, 1.807) is 6.20 Å². The second-order valence-corrected chi connectivity index (χ2v) is 10.0. The highest BCUT2D eigenvalue weighted by Crippen LogP contribution is 2.48. The number of hydrogen-bond acceptors (Lipinski definition) is 4. The Morgan fingerprint density at radius 3 is 2.74 bits per heavy atom. The number of rotatable bonds is 7.